The fourth-order valence-corrected chi connectivity index (χ4v) is 5.26. The zero-order chi connectivity index (χ0) is 25.5. The van der Waals surface area contributed by atoms with Crippen LogP contribution in [-0.2, 0) is 22.7 Å². The first-order valence-corrected chi connectivity index (χ1v) is 13.3. The van der Waals surface area contributed by atoms with Crippen molar-refractivity contribution in [1.82, 2.24) is 9.80 Å². The summed E-state index contributed by atoms with van der Waals surface area (Å²) >= 11 is 1.40. The Kier molecular flexibility index (Phi) is 8.01. The molecule has 188 valence electrons. The van der Waals surface area contributed by atoms with Crippen molar-refractivity contribution in [2.75, 3.05) is 19.7 Å². The highest BCUT2D eigenvalue weighted by atomic mass is 32.2. The molecule has 0 aromatic heterocycles. The number of ether oxygens (including phenoxy) is 1. The molecule has 2 fully saturated rings. The van der Waals surface area contributed by atoms with E-state index in [1.807, 2.05) is 95.9 Å². The minimum atomic E-state index is -0.0581. The highest BCUT2D eigenvalue weighted by Gasteiger charge is 2.33. The van der Waals surface area contributed by atoms with Gasteiger partial charge in [0.25, 0.3) is 11.8 Å². The second-order valence-corrected chi connectivity index (χ2v) is 10.0. The van der Waals surface area contributed by atoms with Crippen molar-refractivity contribution in [3.05, 3.63) is 107 Å². The third kappa shape index (κ3) is 6.49. The van der Waals surface area contributed by atoms with Crippen LogP contribution in [0.15, 0.2) is 94.8 Å². The third-order valence-electron chi connectivity index (χ3n) is 6.31. The van der Waals surface area contributed by atoms with Gasteiger partial charge in [-0.05, 0) is 59.5 Å². The Labute approximate surface area is 221 Å². The van der Waals surface area contributed by atoms with Gasteiger partial charge in [-0.25, -0.2) is 0 Å². The zero-order valence-corrected chi connectivity index (χ0v) is 21.4. The fraction of sp³-hybridized carbons (Fsp3) is 0.233. The molecular formula is C30H29N3O3S. The summed E-state index contributed by atoms with van der Waals surface area (Å²) < 4.78 is 5.69. The molecule has 0 radical (unpaired) electrons. The monoisotopic (exact) mass is 511 g/mol. The van der Waals surface area contributed by atoms with Crippen LogP contribution in [0.25, 0.3) is 6.08 Å². The van der Waals surface area contributed by atoms with Gasteiger partial charge in [0.15, 0.2) is 11.8 Å². The lowest BCUT2D eigenvalue weighted by atomic mass is 10.2. The summed E-state index contributed by atoms with van der Waals surface area (Å²) in [7, 11) is 0. The molecule has 0 N–H and O–H groups in total. The molecule has 6 nitrogen and oxygen atoms in total. The molecule has 37 heavy (non-hydrogen) atoms. The predicted molar refractivity (Wildman–Crippen MR) is 148 cm³/mol. The molecular weight excluding hydrogens is 482 g/mol. The number of benzene rings is 3. The average molecular weight is 512 g/mol. The van der Waals surface area contributed by atoms with Crippen molar-refractivity contribution < 1.29 is 14.3 Å². The molecule has 0 aliphatic carbocycles. The van der Waals surface area contributed by atoms with Gasteiger partial charge in [0.1, 0.15) is 5.75 Å². The van der Waals surface area contributed by atoms with Gasteiger partial charge in [0.2, 0.25) is 0 Å². The van der Waals surface area contributed by atoms with Gasteiger partial charge in [0, 0.05) is 13.1 Å². The van der Waals surface area contributed by atoms with Crippen molar-refractivity contribution >= 4 is 34.8 Å². The molecule has 5 rings (SSSR count). The molecule has 2 heterocycles. The van der Waals surface area contributed by atoms with Crippen LogP contribution < -0.4 is 4.74 Å². The van der Waals surface area contributed by atoms with E-state index in [4.69, 9.17) is 9.73 Å². The molecule has 0 bridgehead atoms. The minimum Gasteiger partial charge on any atom is -0.484 e. The summed E-state index contributed by atoms with van der Waals surface area (Å²) in [6.07, 6.45) is 4.01. The Morgan fingerprint density at radius 3 is 2.22 bits per heavy atom. The molecule has 2 aliphatic rings. The van der Waals surface area contributed by atoms with Crippen LogP contribution in [0.5, 0.6) is 5.75 Å². The average Bonchev–Trinajstić information content (AvgIpc) is 3.58. The molecule has 2 saturated heterocycles. The van der Waals surface area contributed by atoms with Crippen molar-refractivity contribution in [2.45, 2.75) is 25.9 Å². The summed E-state index contributed by atoms with van der Waals surface area (Å²) in [6, 6.07) is 27.4. The lowest BCUT2D eigenvalue weighted by Gasteiger charge is -2.15. The number of rotatable bonds is 8. The van der Waals surface area contributed by atoms with E-state index in [2.05, 4.69) is 0 Å². The summed E-state index contributed by atoms with van der Waals surface area (Å²) in [4.78, 5) is 34.6. The maximum absolute atomic E-state index is 13.4. The topological polar surface area (TPSA) is 62.2 Å². The molecule has 3 aromatic rings. The minimum absolute atomic E-state index is 0.0254. The van der Waals surface area contributed by atoms with Gasteiger partial charge in [-0.1, -0.05) is 72.8 Å². The quantitative estimate of drug-likeness (QED) is 0.382. The number of hydrogen-bond donors (Lipinski definition) is 0. The lowest BCUT2D eigenvalue weighted by molar-refractivity contribution is -0.132. The van der Waals surface area contributed by atoms with E-state index in [0.717, 1.165) is 42.6 Å². The van der Waals surface area contributed by atoms with Crippen LogP contribution in [0, 0.1) is 0 Å². The van der Waals surface area contributed by atoms with Crippen molar-refractivity contribution in [3.63, 3.8) is 0 Å². The molecule has 3 aromatic carbocycles. The Balaban J connectivity index is 1.29. The van der Waals surface area contributed by atoms with Crippen molar-refractivity contribution in [1.29, 1.82) is 0 Å². The summed E-state index contributed by atoms with van der Waals surface area (Å²) in [5.41, 5.74) is 3.03. The predicted octanol–water partition coefficient (Wildman–Crippen LogP) is 5.36. The summed E-state index contributed by atoms with van der Waals surface area (Å²) in [5.74, 6) is 0.602. The highest BCUT2D eigenvalue weighted by Crippen LogP contribution is 2.34. The van der Waals surface area contributed by atoms with E-state index >= 15 is 0 Å². The Hall–Kier alpha value is -3.84. The molecule has 2 amide bonds. The second kappa shape index (κ2) is 11.9. The molecule has 2 aliphatic heterocycles. The number of amides is 2. The van der Waals surface area contributed by atoms with Gasteiger partial charge in [0.05, 0.1) is 18.0 Å². The van der Waals surface area contributed by atoms with Crippen molar-refractivity contribution in [3.8, 4) is 5.75 Å². The van der Waals surface area contributed by atoms with E-state index in [-0.39, 0.29) is 18.4 Å². The molecule has 0 saturated carbocycles. The largest absolute Gasteiger partial charge is 0.484 e. The van der Waals surface area contributed by atoms with Gasteiger partial charge in [-0.3, -0.25) is 19.5 Å². The van der Waals surface area contributed by atoms with Crippen LogP contribution in [0.3, 0.4) is 0 Å². The van der Waals surface area contributed by atoms with Gasteiger partial charge in [-0.2, -0.15) is 0 Å². The van der Waals surface area contributed by atoms with Gasteiger partial charge >= 0.3 is 0 Å². The van der Waals surface area contributed by atoms with Gasteiger partial charge in [-0.15, -0.1) is 0 Å². The van der Waals surface area contributed by atoms with E-state index in [1.54, 1.807) is 4.90 Å². The normalized spacial score (nSPS) is 17.7. The number of hydrogen-bond acceptors (Lipinski definition) is 5. The Morgan fingerprint density at radius 2 is 1.54 bits per heavy atom. The van der Waals surface area contributed by atoms with E-state index in [1.165, 1.54) is 11.8 Å². The first kappa shape index (κ1) is 24.8. The van der Waals surface area contributed by atoms with Crippen molar-refractivity contribution in [2.24, 2.45) is 4.99 Å². The fourth-order valence-electron chi connectivity index (χ4n) is 4.29. The Bertz CT molecular complexity index is 1280. The number of carbonyl (C=O) groups is 2. The number of carbonyl (C=O) groups excluding carboxylic acids is 2. The third-order valence-corrected chi connectivity index (χ3v) is 7.35. The van der Waals surface area contributed by atoms with Crippen LogP contribution in [0.4, 0.5) is 0 Å². The highest BCUT2D eigenvalue weighted by molar-refractivity contribution is 8.18. The van der Waals surface area contributed by atoms with Crippen LogP contribution in [0.2, 0.25) is 0 Å². The number of thioether (sulfide) groups is 1. The second-order valence-electron chi connectivity index (χ2n) is 9.02. The molecule has 7 heteroatoms. The lowest BCUT2D eigenvalue weighted by Crippen LogP contribution is -2.32. The smallest absolute Gasteiger partial charge is 0.267 e. The van der Waals surface area contributed by atoms with Crippen LogP contribution in [-0.4, -0.2) is 46.5 Å². The van der Waals surface area contributed by atoms with E-state index < -0.39 is 0 Å². The van der Waals surface area contributed by atoms with Crippen LogP contribution >= 0.6 is 11.8 Å². The number of likely N-dealkylation sites (tertiary alicyclic amines) is 1. The number of aliphatic imine (C=N–C) groups is 1. The molecule has 0 unspecified atom stereocenters. The summed E-state index contributed by atoms with van der Waals surface area (Å²) in [5, 5.41) is 0.698. The standard InChI is InChI=1S/C30H29N3O3S/c34-28(32-17-7-8-18-32)22-36-26-15-13-23(14-16-26)19-27-29(35)33(21-25-11-5-2-6-12-25)30(37-27)31-20-24-9-3-1-4-10-24/h1-6,9-16,19H,7-8,17-18,20-22H2/b27-19+,31-30?. The van der Waals surface area contributed by atoms with Crippen LogP contribution in [0.1, 0.15) is 29.5 Å². The molecule has 0 atom stereocenters. The number of nitrogens with zero attached hydrogens (tertiary/aromatic N) is 3. The first-order chi connectivity index (χ1) is 18.2. The molecule has 0 spiro atoms. The first-order valence-electron chi connectivity index (χ1n) is 12.5. The van der Waals surface area contributed by atoms with E-state index in [9.17, 15) is 9.59 Å². The SMILES string of the molecule is O=C(COc1ccc(/C=C2/SC(=NCc3ccccc3)N(Cc3ccccc3)C2=O)cc1)N1CCCC1. The number of amidine groups is 1. The van der Waals surface area contributed by atoms with Gasteiger partial charge < -0.3 is 9.64 Å². The summed E-state index contributed by atoms with van der Waals surface area (Å²) in [6.45, 7) is 2.66. The Morgan fingerprint density at radius 1 is 0.892 bits per heavy atom. The maximum Gasteiger partial charge on any atom is 0.267 e. The zero-order valence-electron chi connectivity index (χ0n) is 20.6. The maximum atomic E-state index is 13.4. The van der Waals surface area contributed by atoms with E-state index in [0.29, 0.717) is 28.9 Å².